The molecule has 0 heterocycles. The van der Waals surface area contributed by atoms with Gasteiger partial charge in [-0.2, -0.15) is 0 Å². The summed E-state index contributed by atoms with van der Waals surface area (Å²) < 4.78 is 0. The Bertz CT molecular complexity index is 124. The fourth-order valence-electron chi connectivity index (χ4n) is 1.32. The largest absolute Gasteiger partial charge is 0.327 e. The lowest BCUT2D eigenvalue weighted by atomic mass is 9.84. The molecule has 0 spiro atoms. The van der Waals surface area contributed by atoms with Crippen LogP contribution in [0.3, 0.4) is 0 Å². The maximum absolute atomic E-state index is 6.08. The van der Waals surface area contributed by atoms with Crippen molar-refractivity contribution in [2.24, 2.45) is 17.1 Å². The van der Waals surface area contributed by atoms with Gasteiger partial charge in [-0.15, -0.1) is 0 Å². The minimum atomic E-state index is 0.273. The van der Waals surface area contributed by atoms with Crippen LogP contribution in [0.25, 0.3) is 0 Å². The summed E-state index contributed by atoms with van der Waals surface area (Å²) in [5.41, 5.74) is 6.35. The molecule has 0 saturated carbocycles. The van der Waals surface area contributed by atoms with Gasteiger partial charge in [-0.25, -0.2) is 0 Å². The van der Waals surface area contributed by atoms with Crippen LogP contribution < -0.4 is 5.73 Å². The van der Waals surface area contributed by atoms with Crippen LogP contribution in [0, 0.1) is 11.3 Å². The topological polar surface area (TPSA) is 26.0 Å². The third kappa shape index (κ3) is 6.09. The van der Waals surface area contributed by atoms with Crippen molar-refractivity contribution < 1.29 is 0 Å². The predicted molar refractivity (Wildman–Crippen MR) is 60.7 cm³/mol. The fourth-order valence-corrected chi connectivity index (χ4v) is 1.32. The Morgan fingerprint density at radius 3 is 2.08 bits per heavy atom. The molecule has 0 aromatic rings. The molecule has 0 aromatic carbocycles. The quantitative estimate of drug-likeness (QED) is 0.696. The van der Waals surface area contributed by atoms with Crippen molar-refractivity contribution in [1.29, 1.82) is 0 Å². The number of hydrogen-bond donors (Lipinski definition) is 1. The second-order valence-corrected chi connectivity index (χ2v) is 5.42. The highest BCUT2D eigenvalue weighted by Crippen LogP contribution is 2.22. The Kier molecular flexibility index (Phi) is 5.62. The van der Waals surface area contributed by atoms with Crippen molar-refractivity contribution in [3.8, 4) is 0 Å². The van der Waals surface area contributed by atoms with Crippen molar-refractivity contribution in [2.75, 3.05) is 0 Å². The Hall–Kier alpha value is -0.0400. The summed E-state index contributed by atoms with van der Waals surface area (Å²) in [7, 11) is 0. The van der Waals surface area contributed by atoms with Crippen LogP contribution in [0.4, 0.5) is 0 Å². The van der Waals surface area contributed by atoms with Gasteiger partial charge in [-0.05, 0) is 17.8 Å². The Morgan fingerprint density at radius 2 is 1.69 bits per heavy atom. The zero-order chi connectivity index (χ0) is 10.5. The summed E-state index contributed by atoms with van der Waals surface area (Å²) >= 11 is 0. The minimum Gasteiger partial charge on any atom is -0.327 e. The molecule has 13 heavy (non-hydrogen) atoms. The smallest absolute Gasteiger partial charge is 0.00876 e. The minimum absolute atomic E-state index is 0.273. The van der Waals surface area contributed by atoms with Gasteiger partial charge in [0.1, 0.15) is 0 Å². The SMILES string of the molecule is CCC(C)CCCC(N)C(C)(C)C. The van der Waals surface area contributed by atoms with Crippen molar-refractivity contribution in [3.63, 3.8) is 0 Å². The van der Waals surface area contributed by atoms with E-state index in [1.54, 1.807) is 0 Å². The maximum atomic E-state index is 6.08. The van der Waals surface area contributed by atoms with Gasteiger partial charge >= 0.3 is 0 Å². The molecular formula is C12H27N. The number of hydrogen-bond acceptors (Lipinski definition) is 1. The van der Waals surface area contributed by atoms with E-state index < -0.39 is 0 Å². The molecule has 0 aliphatic carbocycles. The third-order valence-corrected chi connectivity index (χ3v) is 3.02. The lowest BCUT2D eigenvalue weighted by Crippen LogP contribution is -2.34. The van der Waals surface area contributed by atoms with Crippen LogP contribution >= 0.6 is 0 Å². The van der Waals surface area contributed by atoms with Crippen molar-refractivity contribution in [1.82, 2.24) is 0 Å². The van der Waals surface area contributed by atoms with Crippen LogP contribution in [0.1, 0.15) is 60.3 Å². The van der Waals surface area contributed by atoms with Gasteiger partial charge in [0.25, 0.3) is 0 Å². The molecule has 80 valence electrons. The summed E-state index contributed by atoms with van der Waals surface area (Å²) in [6, 6.07) is 0.358. The first kappa shape index (κ1) is 13.0. The van der Waals surface area contributed by atoms with Crippen molar-refractivity contribution in [3.05, 3.63) is 0 Å². The lowest BCUT2D eigenvalue weighted by Gasteiger charge is -2.27. The average Bonchev–Trinajstić information content (AvgIpc) is 2.02. The van der Waals surface area contributed by atoms with E-state index in [2.05, 4.69) is 34.6 Å². The van der Waals surface area contributed by atoms with Gasteiger partial charge in [-0.3, -0.25) is 0 Å². The first-order valence-electron chi connectivity index (χ1n) is 5.63. The lowest BCUT2D eigenvalue weighted by molar-refractivity contribution is 0.293. The molecular weight excluding hydrogens is 158 g/mol. The van der Waals surface area contributed by atoms with Crippen LogP contribution in [0.15, 0.2) is 0 Å². The normalized spacial score (nSPS) is 17.1. The van der Waals surface area contributed by atoms with E-state index in [0.717, 1.165) is 5.92 Å². The van der Waals surface area contributed by atoms with Gasteiger partial charge in [0.2, 0.25) is 0 Å². The summed E-state index contributed by atoms with van der Waals surface area (Å²) in [5, 5.41) is 0. The molecule has 1 heteroatoms. The van der Waals surface area contributed by atoms with Gasteiger partial charge < -0.3 is 5.73 Å². The molecule has 0 rings (SSSR count). The highest BCUT2D eigenvalue weighted by Gasteiger charge is 2.19. The van der Waals surface area contributed by atoms with E-state index in [9.17, 15) is 0 Å². The maximum Gasteiger partial charge on any atom is 0.00876 e. The summed E-state index contributed by atoms with van der Waals surface area (Å²) in [6.45, 7) is 11.2. The zero-order valence-corrected chi connectivity index (χ0v) is 10.1. The van der Waals surface area contributed by atoms with Crippen LogP contribution in [-0.4, -0.2) is 6.04 Å². The van der Waals surface area contributed by atoms with E-state index in [0.29, 0.717) is 6.04 Å². The average molecular weight is 185 g/mol. The molecule has 2 unspecified atom stereocenters. The van der Waals surface area contributed by atoms with Crippen molar-refractivity contribution in [2.45, 2.75) is 66.3 Å². The Morgan fingerprint density at radius 1 is 1.15 bits per heavy atom. The highest BCUT2D eigenvalue weighted by molar-refractivity contribution is 4.76. The predicted octanol–water partition coefficient (Wildman–Crippen LogP) is 3.58. The molecule has 0 radical (unpaired) electrons. The number of rotatable bonds is 5. The van der Waals surface area contributed by atoms with E-state index in [-0.39, 0.29) is 5.41 Å². The molecule has 2 N–H and O–H groups in total. The van der Waals surface area contributed by atoms with Gasteiger partial charge in [0.05, 0.1) is 0 Å². The summed E-state index contributed by atoms with van der Waals surface area (Å²) in [5.74, 6) is 0.868. The molecule has 0 aliphatic heterocycles. The van der Waals surface area contributed by atoms with E-state index in [4.69, 9.17) is 5.73 Å². The van der Waals surface area contributed by atoms with Crippen LogP contribution in [-0.2, 0) is 0 Å². The fraction of sp³-hybridized carbons (Fsp3) is 1.00. The Labute approximate surface area is 84.1 Å². The molecule has 0 aliphatic rings. The molecule has 0 saturated heterocycles. The molecule has 0 amide bonds. The van der Waals surface area contributed by atoms with Gasteiger partial charge in [-0.1, -0.05) is 53.9 Å². The van der Waals surface area contributed by atoms with Gasteiger partial charge in [0, 0.05) is 6.04 Å². The standard InChI is InChI=1S/C12H27N/c1-6-10(2)8-7-9-11(13)12(3,4)5/h10-11H,6-9,13H2,1-5H3. The summed E-state index contributed by atoms with van der Waals surface area (Å²) in [4.78, 5) is 0. The third-order valence-electron chi connectivity index (χ3n) is 3.02. The number of nitrogens with two attached hydrogens (primary N) is 1. The monoisotopic (exact) mass is 185 g/mol. The zero-order valence-electron chi connectivity index (χ0n) is 10.1. The van der Waals surface area contributed by atoms with E-state index in [1.165, 1.54) is 25.7 Å². The molecule has 0 bridgehead atoms. The molecule has 0 aromatic heterocycles. The van der Waals surface area contributed by atoms with Crippen LogP contribution in [0.2, 0.25) is 0 Å². The highest BCUT2D eigenvalue weighted by atomic mass is 14.7. The first-order valence-corrected chi connectivity index (χ1v) is 5.63. The molecule has 0 fully saturated rings. The summed E-state index contributed by atoms with van der Waals surface area (Å²) in [6.07, 6.45) is 5.09. The molecule has 2 atom stereocenters. The van der Waals surface area contributed by atoms with Gasteiger partial charge in [0.15, 0.2) is 0 Å². The Balaban J connectivity index is 3.54. The first-order chi connectivity index (χ1) is 5.88. The van der Waals surface area contributed by atoms with E-state index in [1.807, 2.05) is 0 Å². The van der Waals surface area contributed by atoms with Crippen LogP contribution in [0.5, 0.6) is 0 Å². The second kappa shape index (κ2) is 5.64. The second-order valence-electron chi connectivity index (χ2n) is 5.42. The molecule has 1 nitrogen and oxygen atoms in total. The van der Waals surface area contributed by atoms with Crippen molar-refractivity contribution >= 4 is 0 Å². The van der Waals surface area contributed by atoms with E-state index >= 15 is 0 Å².